The molecule has 1 aliphatic rings. The summed E-state index contributed by atoms with van der Waals surface area (Å²) in [5, 5.41) is 12.1. The lowest BCUT2D eigenvalue weighted by Gasteiger charge is -2.53. The standard InChI is InChI=1S/C19H39NO/c1-6-7-8-9-10-11-12-13-14-17-15-16-18(2,3)20(21)19(17,4)5/h17,21H,6-16H2,1-5H3. The van der Waals surface area contributed by atoms with Crippen LogP contribution < -0.4 is 0 Å². The van der Waals surface area contributed by atoms with E-state index < -0.39 is 0 Å². The van der Waals surface area contributed by atoms with Crippen LogP contribution in [0.25, 0.3) is 0 Å². The minimum atomic E-state index is -0.0805. The van der Waals surface area contributed by atoms with Crippen LogP contribution >= 0.6 is 0 Å². The Morgan fingerprint density at radius 1 is 0.905 bits per heavy atom. The predicted octanol–water partition coefficient (Wildman–Crippen LogP) is 6.18. The van der Waals surface area contributed by atoms with E-state index in [9.17, 15) is 5.21 Å². The summed E-state index contributed by atoms with van der Waals surface area (Å²) >= 11 is 0. The molecule has 1 atom stereocenters. The smallest absolute Gasteiger partial charge is 0.0438 e. The van der Waals surface area contributed by atoms with E-state index in [-0.39, 0.29) is 11.1 Å². The first-order chi connectivity index (χ1) is 9.82. The number of hydrogen-bond donors (Lipinski definition) is 1. The van der Waals surface area contributed by atoms with Crippen LogP contribution in [0.2, 0.25) is 0 Å². The van der Waals surface area contributed by atoms with Gasteiger partial charge in [-0.15, -0.1) is 0 Å². The summed E-state index contributed by atoms with van der Waals surface area (Å²) in [5.41, 5.74) is -0.151. The molecule has 2 heteroatoms. The quantitative estimate of drug-likeness (QED) is 0.514. The molecule has 0 amide bonds. The first-order valence-electron chi connectivity index (χ1n) is 9.31. The molecule has 0 aromatic heterocycles. The minimum Gasteiger partial charge on any atom is -0.313 e. The third-order valence-corrected chi connectivity index (χ3v) is 5.63. The normalized spacial score (nSPS) is 25.1. The number of nitrogens with zero attached hydrogens (tertiary/aromatic N) is 1. The number of piperidine rings is 1. The Morgan fingerprint density at radius 3 is 2.00 bits per heavy atom. The van der Waals surface area contributed by atoms with Crippen molar-refractivity contribution in [3.05, 3.63) is 0 Å². The molecule has 0 spiro atoms. The van der Waals surface area contributed by atoms with Crippen LogP contribution in [0.1, 0.15) is 105 Å². The molecule has 1 aliphatic heterocycles. The van der Waals surface area contributed by atoms with Crippen LogP contribution in [0, 0.1) is 5.92 Å². The summed E-state index contributed by atoms with van der Waals surface area (Å²) in [6, 6.07) is 0. The average molecular weight is 298 g/mol. The minimum absolute atomic E-state index is 0.0702. The second-order valence-electron chi connectivity index (χ2n) is 8.28. The summed E-state index contributed by atoms with van der Waals surface area (Å²) in [4.78, 5) is 0. The fourth-order valence-corrected chi connectivity index (χ4v) is 3.96. The Labute approximate surface area is 133 Å². The highest BCUT2D eigenvalue weighted by Gasteiger charge is 2.46. The zero-order valence-corrected chi connectivity index (χ0v) is 15.2. The molecule has 1 saturated heterocycles. The van der Waals surface area contributed by atoms with Gasteiger partial charge in [-0.05, 0) is 52.9 Å². The second-order valence-corrected chi connectivity index (χ2v) is 8.28. The number of hydrogen-bond acceptors (Lipinski definition) is 2. The van der Waals surface area contributed by atoms with Gasteiger partial charge in [0.15, 0.2) is 0 Å². The lowest BCUT2D eigenvalue weighted by Crippen LogP contribution is -2.60. The van der Waals surface area contributed by atoms with Crippen LogP contribution in [-0.2, 0) is 0 Å². The number of rotatable bonds is 9. The molecule has 1 fully saturated rings. The van der Waals surface area contributed by atoms with E-state index in [2.05, 4.69) is 34.6 Å². The average Bonchev–Trinajstić information content (AvgIpc) is 2.42. The van der Waals surface area contributed by atoms with Crippen molar-refractivity contribution < 1.29 is 5.21 Å². The highest BCUT2D eigenvalue weighted by molar-refractivity contribution is 4.97. The summed E-state index contributed by atoms with van der Waals surface area (Å²) in [6.45, 7) is 11.0. The van der Waals surface area contributed by atoms with E-state index in [1.54, 1.807) is 5.06 Å². The van der Waals surface area contributed by atoms with Gasteiger partial charge in [0.1, 0.15) is 0 Å². The maximum Gasteiger partial charge on any atom is 0.0438 e. The van der Waals surface area contributed by atoms with Crippen molar-refractivity contribution in [3.8, 4) is 0 Å². The van der Waals surface area contributed by atoms with Gasteiger partial charge in [-0.25, -0.2) is 0 Å². The van der Waals surface area contributed by atoms with Crippen LogP contribution in [0.3, 0.4) is 0 Å². The number of unbranched alkanes of at least 4 members (excludes halogenated alkanes) is 7. The zero-order valence-electron chi connectivity index (χ0n) is 15.2. The predicted molar refractivity (Wildman–Crippen MR) is 91.7 cm³/mol. The van der Waals surface area contributed by atoms with Gasteiger partial charge in [0, 0.05) is 11.1 Å². The first kappa shape index (κ1) is 19.0. The van der Waals surface area contributed by atoms with E-state index in [1.165, 1.54) is 64.2 Å². The van der Waals surface area contributed by atoms with Gasteiger partial charge in [-0.2, -0.15) is 5.06 Å². The van der Waals surface area contributed by atoms with Crippen LogP contribution in [0.4, 0.5) is 0 Å². The van der Waals surface area contributed by atoms with Crippen molar-refractivity contribution in [2.24, 2.45) is 5.92 Å². The Morgan fingerprint density at radius 2 is 1.43 bits per heavy atom. The molecule has 1 unspecified atom stereocenters. The topological polar surface area (TPSA) is 23.5 Å². The van der Waals surface area contributed by atoms with E-state index in [1.807, 2.05) is 0 Å². The SMILES string of the molecule is CCCCCCCCCCC1CCC(C)(C)N(O)C1(C)C. The Kier molecular flexibility index (Phi) is 7.70. The van der Waals surface area contributed by atoms with Crippen LogP contribution in [0.15, 0.2) is 0 Å². The van der Waals surface area contributed by atoms with Crippen molar-refractivity contribution in [3.63, 3.8) is 0 Å². The molecule has 0 saturated carbocycles. The molecule has 0 radical (unpaired) electrons. The highest BCUT2D eigenvalue weighted by Crippen LogP contribution is 2.42. The molecule has 0 aliphatic carbocycles. The largest absolute Gasteiger partial charge is 0.313 e. The summed E-state index contributed by atoms with van der Waals surface area (Å²) in [5.74, 6) is 0.635. The van der Waals surface area contributed by atoms with Gasteiger partial charge in [-0.1, -0.05) is 58.3 Å². The molecule has 1 rings (SSSR count). The summed E-state index contributed by atoms with van der Waals surface area (Å²) in [6.07, 6.45) is 14.7. The van der Waals surface area contributed by atoms with E-state index in [4.69, 9.17) is 0 Å². The number of hydroxylamine groups is 2. The maximum atomic E-state index is 10.5. The zero-order chi connectivity index (χ0) is 15.9. The van der Waals surface area contributed by atoms with Crippen LogP contribution in [-0.4, -0.2) is 21.3 Å². The van der Waals surface area contributed by atoms with Gasteiger partial charge < -0.3 is 5.21 Å². The third-order valence-electron chi connectivity index (χ3n) is 5.63. The van der Waals surface area contributed by atoms with E-state index in [0.29, 0.717) is 5.92 Å². The van der Waals surface area contributed by atoms with Crippen molar-refractivity contribution in [1.82, 2.24) is 5.06 Å². The fraction of sp³-hybridized carbons (Fsp3) is 1.00. The monoisotopic (exact) mass is 297 g/mol. The molecular weight excluding hydrogens is 258 g/mol. The summed E-state index contributed by atoms with van der Waals surface area (Å²) < 4.78 is 0. The lowest BCUT2D eigenvalue weighted by atomic mass is 9.72. The lowest BCUT2D eigenvalue weighted by molar-refractivity contribution is -0.259. The van der Waals surface area contributed by atoms with Crippen molar-refractivity contribution in [2.75, 3.05) is 0 Å². The maximum absolute atomic E-state index is 10.5. The van der Waals surface area contributed by atoms with Crippen molar-refractivity contribution >= 4 is 0 Å². The molecule has 1 heterocycles. The molecule has 0 aromatic carbocycles. The Hall–Kier alpha value is -0.0800. The van der Waals surface area contributed by atoms with Gasteiger partial charge in [0.2, 0.25) is 0 Å². The van der Waals surface area contributed by atoms with Crippen molar-refractivity contribution in [1.29, 1.82) is 0 Å². The molecule has 0 bridgehead atoms. The van der Waals surface area contributed by atoms with E-state index in [0.717, 1.165) is 6.42 Å². The summed E-state index contributed by atoms with van der Waals surface area (Å²) in [7, 11) is 0. The highest BCUT2D eigenvalue weighted by atomic mass is 16.5. The van der Waals surface area contributed by atoms with Gasteiger partial charge >= 0.3 is 0 Å². The third kappa shape index (κ3) is 5.56. The molecule has 0 aromatic rings. The second kappa shape index (κ2) is 8.53. The van der Waals surface area contributed by atoms with Crippen molar-refractivity contribution in [2.45, 2.75) is 116 Å². The van der Waals surface area contributed by atoms with Gasteiger partial charge in [0.05, 0.1) is 0 Å². The molecule has 1 N–H and O–H groups in total. The van der Waals surface area contributed by atoms with Gasteiger partial charge in [-0.3, -0.25) is 0 Å². The van der Waals surface area contributed by atoms with E-state index >= 15 is 0 Å². The fourth-order valence-electron chi connectivity index (χ4n) is 3.96. The Bertz CT molecular complexity index is 285. The first-order valence-corrected chi connectivity index (χ1v) is 9.31. The van der Waals surface area contributed by atoms with Gasteiger partial charge in [0.25, 0.3) is 0 Å². The molecular formula is C19H39NO. The molecule has 126 valence electrons. The molecule has 2 nitrogen and oxygen atoms in total. The molecule has 21 heavy (non-hydrogen) atoms. The Balaban J connectivity index is 2.20. The van der Waals surface area contributed by atoms with Crippen LogP contribution in [0.5, 0.6) is 0 Å².